The minimum absolute atomic E-state index is 0.301. The quantitative estimate of drug-likeness (QED) is 0.749. The molecular weight excluding hydrogens is 210 g/mol. The molecule has 0 atom stereocenters. The Morgan fingerprint density at radius 1 is 1.20 bits per heavy atom. The molecule has 0 saturated carbocycles. The Hall–Kier alpha value is -1.68. The van der Waals surface area contributed by atoms with Crippen molar-refractivity contribution >= 4 is 23.6 Å². The number of carboxylic acid groups (broad SMARTS) is 1. The molecule has 0 unspecified atom stereocenters. The van der Waals surface area contributed by atoms with Gasteiger partial charge < -0.3 is 9.83 Å². The zero-order valence-electron chi connectivity index (χ0n) is 7.81. The van der Waals surface area contributed by atoms with Crippen LogP contribution in [0.3, 0.4) is 0 Å². The summed E-state index contributed by atoms with van der Waals surface area (Å²) in [6.07, 6.45) is 3.38. The lowest BCUT2D eigenvalue weighted by molar-refractivity contribution is -0.131. The summed E-state index contributed by atoms with van der Waals surface area (Å²) < 4.78 is 3.00. The predicted molar refractivity (Wildman–Crippen MR) is 60.9 cm³/mol. The van der Waals surface area contributed by atoms with Crippen molar-refractivity contribution in [1.82, 2.24) is 4.72 Å². The average molecular weight is 219 g/mol. The van der Waals surface area contributed by atoms with Crippen molar-refractivity contribution < 1.29 is 9.90 Å². The number of carbonyl (C=O) groups is 1. The SMILES string of the molecule is O=C(O)C1=CC=C(c2ccccc2)NS1. The average Bonchev–Trinajstić information content (AvgIpc) is 2.30. The number of aliphatic carboxylic acids is 1. The van der Waals surface area contributed by atoms with E-state index in [9.17, 15) is 4.79 Å². The first kappa shape index (κ1) is 9.86. The summed E-state index contributed by atoms with van der Waals surface area (Å²) in [7, 11) is 0. The van der Waals surface area contributed by atoms with E-state index in [-0.39, 0.29) is 0 Å². The first-order chi connectivity index (χ1) is 7.27. The summed E-state index contributed by atoms with van der Waals surface area (Å²) in [5.74, 6) is -0.907. The molecule has 0 radical (unpaired) electrons. The van der Waals surface area contributed by atoms with Crippen LogP contribution >= 0.6 is 11.9 Å². The van der Waals surface area contributed by atoms with Crippen LogP contribution in [-0.4, -0.2) is 11.1 Å². The molecule has 3 nitrogen and oxygen atoms in total. The number of rotatable bonds is 2. The van der Waals surface area contributed by atoms with E-state index in [0.29, 0.717) is 4.91 Å². The van der Waals surface area contributed by atoms with Gasteiger partial charge in [-0.2, -0.15) is 0 Å². The van der Waals surface area contributed by atoms with Crippen LogP contribution in [0.25, 0.3) is 5.70 Å². The van der Waals surface area contributed by atoms with E-state index in [4.69, 9.17) is 5.11 Å². The van der Waals surface area contributed by atoms with Crippen molar-refractivity contribution in [2.24, 2.45) is 0 Å². The van der Waals surface area contributed by atoms with E-state index >= 15 is 0 Å². The molecule has 0 bridgehead atoms. The Kier molecular flexibility index (Phi) is 2.78. The van der Waals surface area contributed by atoms with Crippen LogP contribution in [0.15, 0.2) is 47.4 Å². The Labute approximate surface area is 91.6 Å². The highest BCUT2D eigenvalue weighted by Crippen LogP contribution is 2.24. The normalized spacial score (nSPS) is 14.9. The van der Waals surface area contributed by atoms with Crippen LogP contribution in [0.1, 0.15) is 5.56 Å². The Morgan fingerprint density at radius 3 is 2.47 bits per heavy atom. The van der Waals surface area contributed by atoms with Gasteiger partial charge in [0.25, 0.3) is 0 Å². The van der Waals surface area contributed by atoms with E-state index in [2.05, 4.69) is 4.72 Å². The Bertz CT molecular complexity index is 437. The van der Waals surface area contributed by atoms with Crippen LogP contribution in [-0.2, 0) is 4.79 Å². The number of nitrogens with one attached hydrogen (secondary N) is 1. The molecule has 1 aromatic carbocycles. The van der Waals surface area contributed by atoms with Crippen LogP contribution in [0.4, 0.5) is 0 Å². The second-order valence-corrected chi connectivity index (χ2v) is 3.83. The molecule has 76 valence electrons. The lowest BCUT2D eigenvalue weighted by atomic mass is 10.1. The monoisotopic (exact) mass is 219 g/mol. The molecule has 2 N–H and O–H groups in total. The fourth-order valence-corrected chi connectivity index (χ4v) is 1.85. The Morgan fingerprint density at radius 2 is 1.93 bits per heavy atom. The van der Waals surface area contributed by atoms with Crippen molar-refractivity contribution in [2.45, 2.75) is 0 Å². The molecule has 0 aromatic heterocycles. The third-order valence-electron chi connectivity index (χ3n) is 1.97. The van der Waals surface area contributed by atoms with Gasteiger partial charge in [0.2, 0.25) is 0 Å². The van der Waals surface area contributed by atoms with Crippen molar-refractivity contribution in [3.8, 4) is 0 Å². The molecule has 1 aliphatic rings. The fraction of sp³-hybridized carbons (Fsp3) is 0. The first-order valence-electron chi connectivity index (χ1n) is 4.41. The minimum atomic E-state index is -0.907. The lowest BCUT2D eigenvalue weighted by Gasteiger charge is -2.13. The van der Waals surface area contributed by atoms with Gasteiger partial charge in [-0.15, -0.1) is 0 Å². The molecule has 1 heterocycles. The first-order valence-corrected chi connectivity index (χ1v) is 5.22. The molecule has 1 aromatic rings. The van der Waals surface area contributed by atoms with Crippen molar-refractivity contribution in [3.63, 3.8) is 0 Å². The highest BCUT2D eigenvalue weighted by atomic mass is 32.2. The van der Waals surface area contributed by atoms with Gasteiger partial charge >= 0.3 is 5.97 Å². The molecule has 0 aliphatic carbocycles. The van der Waals surface area contributed by atoms with Crippen molar-refractivity contribution in [1.29, 1.82) is 0 Å². The van der Waals surface area contributed by atoms with Crippen LogP contribution < -0.4 is 4.72 Å². The maximum Gasteiger partial charge on any atom is 0.343 e. The minimum Gasteiger partial charge on any atom is -0.477 e. The zero-order chi connectivity index (χ0) is 10.7. The molecule has 15 heavy (non-hydrogen) atoms. The third kappa shape index (κ3) is 2.22. The van der Waals surface area contributed by atoms with Crippen LogP contribution in [0.2, 0.25) is 0 Å². The standard InChI is InChI=1S/C11H9NO2S/c13-11(14)10-7-6-9(12-15-10)8-4-2-1-3-5-8/h1-7,12H,(H,13,14). The molecular formula is C11H9NO2S. The molecule has 0 fully saturated rings. The predicted octanol–water partition coefficient (Wildman–Crippen LogP) is 2.25. The van der Waals surface area contributed by atoms with E-state index in [1.807, 2.05) is 30.3 Å². The lowest BCUT2D eigenvalue weighted by Crippen LogP contribution is -2.10. The van der Waals surface area contributed by atoms with Gasteiger partial charge in [0.15, 0.2) is 0 Å². The molecule has 4 heteroatoms. The summed E-state index contributed by atoms with van der Waals surface area (Å²) in [5.41, 5.74) is 1.97. The topological polar surface area (TPSA) is 49.3 Å². The molecule has 0 spiro atoms. The third-order valence-corrected chi connectivity index (χ3v) is 2.82. The number of carboxylic acids is 1. The maximum absolute atomic E-state index is 10.6. The number of hydrogen-bond donors (Lipinski definition) is 2. The summed E-state index contributed by atoms with van der Waals surface area (Å²) in [4.78, 5) is 10.9. The number of allylic oxidation sites excluding steroid dienone is 2. The van der Waals surface area contributed by atoms with Crippen molar-refractivity contribution in [3.05, 3.63) is 53.0 Å². The van der Waals surface area contributed by atoms with Crippen LogP contribution in [0.5, 0.6) is 0 Å². The molecule has 2 rings (SSSR count). The van der Waals surface area contributed by atoms with Gasteiger partial charge in [-0.05, 0) is 29.7 Å². The van der Waals surface area contributed by atoms with Crippen LogP contribution in [0, 0.1) is 0 Å². The summed E-state index contributed by atoms with van der Waals surface area (Å²) >= 11 is 1.12. The van der Waals surface area contributed by atoms with Gasteiger partial charge in [-0.1, -0.05) is 30.3 Å². The van der Waals surface area contributed by atoms with E-state index in [0.717, 1.165) is 23.2 Å². The van der Waals surface area contributed by atoms with Crippen molar-refractivity contribution in [2.75, 3.05) is 0 Å². The van der Waals surface area contributed by atoms with Gasteiger partial charge in [-0.3, -0.25) is 0 Å². The summed E-state index contributed by atoms with van der Waals surface area (Å²) in [6, 6.07) is 9.77. The zero-order valence-corrected chi connectivity index (χ0v) is 8.62. The van der Waals surface area contributed by atoms with Gasteiger partial charge in [-0.25, -0.2) is 4.79 Å². The summed E-state index contributed by atoms with van der Waals surface area (Å²) in [5, 5.41) is 8.74. The Balaban J connectivity index is 2.25. The second kappa shape index (κ2) is 4.23. The van der Waals surface area contributed by atoms with E-state index in [1.54, 1.807) is 12.2 Å². The smallest absolute Gasteiger partial charge is 0.343 e. The highest BCUT2D eigenvalue weighted by Gasteiger charge is 2.12. The highest BCUT2D eigenvalue weighted by molar-refractivity contribution is 8.02. The molecule has 0 amide bonds. The van der Waals surface area contributed by atoms with Gasteiger partial charge in [0.1, 0.15) is 4.91 Å². The van der Waals surface area contributed by atoms with E-state index < -0.39 is 5.97 Å². The number of hydrogen-bond acceptors (Lipinski definition) is 3. The van der Waals surface area contributed by atoms with Gasteiger partial charge in [0, 0.05) is 0 Å². The largest absolute Gasteiger partial charge is 0.477 e. The summed E-state index contributed by atoms with van der Waals surface area (Å²) in [6.45, 7) is 0. The molecule has 0 saturated heterocycles. The van der Waals surface area contributed by atoms with Gasteiger partial charge in [0.05, 0.1) is 5.70 Å². The fourth-order valence-electron chi connectivity index (χ4n) is 1.22. The number of benzene rings is 1. The maximum atomic E-state index is 10.6. The van der Waals surface area contributed by atoms with E-state index in [1.165, 1.54) is 0 Å². The second-order valence-electron chi connectivity index (χ2n) is 2.99. The molecule has 1 aliphatic heterocycles.